The van der Waals surface area contributed by atoms with E-state index in [4.69, 9.17) is 37.9 Å². The maximum absolute atomic E-state index is 6.26. The Hall–Kier alpha value is -2.30. The van der Waals surface area contributed by atoms with E-state index < -0.39 is 11.1 Å². The van der Waals surface area contributed by atoms with Gasteiger partial charge in [0.05, 0.1) is 17.7 Å². The zero-order valence-corrected chi connectivity index (χ0v) is 22.3. The van der Waals surface area contributed by atoms with Crippen LogP contribution in [-0.4, -0.2) is 23.0 Å². The molecule has 0 amide bonds. The van der Waals surface area contributed by atoms with Crippen LogP contribution in [0.1, 0.15) is 64.8 Å². The first-order chi connectivity index (χ1) is 16.0. The van der Waals surface area contributed by atoms with Gasteiger partial charge in [-0.1, -0.05) is 68.3 Å². The Morgan fingerprint density at radius 2 is 1.85 bits per heavy atom. The van der Waals surface area contributed by atoms with Gasteiger partial charge in [0.2, 0.25) is 0 Å². The summed E-state index contributed by atoms with van der Waals surface area (Å²) < 4.78 is 6.08. The number of hydrogen-bond acceptors (Lipinski definition) is 4. The second kappa shape index (κ2) is 9.05. The average molecular weight is 498 g/mol. The first-order valence-corrected chi connectivity index (χ1v) is 12.5. The summed E-state index contributed by atoms with van der Waals surface area (Å²) >= 11 is 12.5. The molecule has 4 nitrogen and oxygen atoms in total. The molecule has 6 heteroatoms. The van der Waals surface area contributed by atoms with Crippen LogP contribution in [0.25, 0.3) is 0 Å². The van der Waals surface area contributed by atoms with Gasteiger partial charge in [0.1, 0.15) is 17.1 Å². The van der Waals surface area contributed by atoms with Crippen molar-refractivity contribution >= 4 is 29.0 Å². The quantitative estimate of drug-likeness (QED) is 0.476. The number of pyridine rings is 1. The summed E-state index contributed by atoms with van der Waals surface area (Å²) in [6.45, 7) is 13.4. The van der Waals surface area contributed by atoms with Crippen molar-refractivity contribution in [2.75, 3.05) is 6.61 Å². The summed E-state index contributed by atoms with van der Waals surface area (Å²) in [5, 5.41) is 5.28. The second-order valence-corrected chi connectivity index (χ2v) is 11.3. The van der Waals surface area contributed by atoms with Gasteiger partial charge >= 0.3 is 0 Å². The van der Waals surface area contributed by atoms with Gasteiger partial charge in [0, 0.05) is 39.3 Å². The molecule has 1 unspecified atom stereocenters. The highest BCUT2D eigenvalue weighted by molar-refractivity contribution is 6.31. The van der Waals surface area contributed by atoms with E-state index in [1.165, 1.54) is 0 Å². The molecule has 0 bridgehead atoms. The molecule has 2 heterocycles. The van der Waals surface area contributed by atoms with E-state index in [0.717, 1.165) is 39.9 Å². The van der Waals surface area contributed by atoms with E-state index in [1.54, 1.807) is 0 Å². The van der Waals surface area contributed by atoms with Gasteiger partial charge in [0.25, 0.3) is 0 Å². The third kappa shape index (κ3) is 4.38. The summed E-state index contributed by atoms with van der Waals surface area (Å²) in [5.41, 5.74) is 1.87. The normalized spacial score (nSPS) is 26.6. The monoisotopic (exact) mass is 497 g/mol. The first-order valence-electron chi connectivity index (χ1n) is 11.8. The highest BCUT2D eigenvalue weighted by Gasteiger charge is 2.55. The summed E-state index contributed by atoms with van der Waals surface area (Å²) in [4.78, 5) is 10.1. The Balaban J connectivity index is 1.85. The Labute approximate surface area is 213 Å². The van der Waals surface area contributed by atoms with Crippen molar-refractivity contribution in [2.45, 2.75) is 64.5 Å². The molecule has 0 saturated heterocycles. The molecule has 4 rings (SSSR count). The van der Waals surface area contributed by atoms with Crippen molar-refractivity contribution in [2.24, 2.45) is 10.9 Å². The number of rotatable bonds is 5. The standard InChI is InChI=1S/C28H33Cl2N3O/c1-7-34-23-16-24(26(2,3)4)31-17-22(23)25-32-27(5,18-8-12-20(29)13-9-18)28(6,33-25)19-10-14-21(30)15-11-19/h8-10,12-17,19H,7,11H2,1-6H3,(H,32,33)/t19?,27-,28+/m1/s1. The summed E-state index contributed by atoms with van der Waals surface area (Å²) in [5.74, 6) is 1.75. The minimum absolute atomic E-state index is 0.0832. The predicted octanol–water partition coefficient (Wildman–Crippen LogP) is 7.15. The van der Waals surface area contributed by atoms with Crippen molar-refractivity contribution in [1.82, 2.24) is 10.3 Å². The highest BCUT2D eigenvalue weighted by atomic mass is 35.5. The van der Waals surface area contributed by atoms with Gasteiger partial charge in [-0.25, -0.2) is 0 Å². The van der Waals surface area contributed by atoms with Crippen LogP contribution in [0.5, 0.6) is 5.75 Å². The fraction of sp³-hybridized carbons (Fsp3) is 0.429. The molecule has 1 aliphatic carbocycles. The topological polar surface area (TPSA) is 46.5 Å². The number of ether oxygens (including phenoxy) is 1. The average Bonchev–Trinajstić information content (AvgIpc) is 3.06. The molecule has 1 N–H and O–H groups in total. The van der Waals surface area contributed by atoms with Crippen molar-refractivity contribution in [3.63, 3.8) is 0 Å². The first kappa shape index (κ1) is 24.8. The molecule has 1 aliphatic heterocycles. The Bertz CT molecular complexity index is 1160. The number of aromatic nitrogens is 1. The molecule has 180 valence electrons. The molecule has 34 heavy (non-hydrogen) atoms. The molecule has 3 atom stereocenters. The number of benzene rings is 1. The lowest BCUT2D eigenvalue weighted by molar-refractivity contribution is 0.198. The van der Waals surface area contributed by atoms with E-state index in [0.29, 0.717) is 11.6 Å². The van der Waals surface area contributed by atoms with Gasteiger partial charge in [-0.2, -0.15) is 0 Å². The number of nitrogens with one attached hydrogen (secondary N) is 1. The predicted molar refractivity (Wildman–Crippen MR) is 142 cm³/mol. The van der Waals surface area contributed by atoms with E-state index in [2.05, 4.69) is 64.2 Å². The molecule has 1 aromatic heterocycles. The molecule has 0 spiro atoms. The van der Waals surface area contributed by atoms with E-state index in [1.807, 2.05) is 37.4 Å². The summed E-state index contributed by atoms with van der Waals surface area (Å²) in [6.07, 6.45) is 8.95. The lowest BCUT2D eigenvalue weighted by atomic mass is 9.67. The van der Waals surface area contributed by atoms with Crippen LogP contribution in [0, 0.1) is 5.92 Å². The van der Waals surface area contributed by atoms with Gasteiger partial charge in [0.15, 0.2) is 0 Å². The zero-order valence-electron chi connectivity index (χ0n) is 20.7. The molecular weight excluding hydrogens is 465 g/mol. The largest absolute Gasteiger partial charge is 0.493 e. The number of hydrogen-bond donors (Lipinski definition) is 1. The molecular formula is C28H33Cl2N3O. The van der Waals surface area contributed by atoms with Crippen LogP contribution in [-0.2, 0) is 11.0 Å². The molecule has 0 saturated carbocycles. The van der Waals surface area contributed by atoms with E-state index in [9.17, 15) is 0 Å². The van der Waals surface area contributed by atoms with E-state index >= 15 is 0 Å². The lowest BCUT2D eigenvalue weighted by Crippen LogP contribution is -2.57. The second-order valence-electron chi connectivity index (χ2n) is 10.4. The molecule has 2 aliphatic rings. The number of amidine groups is 1. The maximum atomic E-state index is 6.26. The lowest BCUT2D eigenvalue weighted by Gasteiger charge is -2.45. The highest BCUT2D eigenvalue weighted by Crippen LogP contribution is 2.48. The molecule has 1 aromatic carbocycles. The summed E-state index contributed by atoms with van der Waals surface area (Å²) in [6, 6.07) is 10.0. The molecule has 0 radical (unpaired) electrons. The van der Waals surface area contributed by atoms with Crippen molar-refractivity contribution in [3.8, 4) is 5.75 Å². The fourth-order valence-electron chi connectivity index (χ4n) is 4.78. The zero-order chi connectivity index (χ0) is 24.7. The van der Waals surface area contributed by atoms with Gasteiger partial charge in [-0.05, 0) is 51.0 Å². The van der Waals surface area contributed by atoms with E-state index in [-0.39, 0.29) is 11.3 Å². The van der Waals surface area contributed by atoms with Crippen LogP contribution in [0.3, 0.4) is 0 Å². The minimum Gasteiger partial charge on any atom is -0.493 e. The fourth-order valence-corrected chi connectivity index (χ4v) is 5.07. The SMILES string of the molecule is CCOc1cc(C(C)(C)C)ncc1C1=N[C@](C)(c2ccc(Cl)cc2)[C@](C)(C2C=CC(Cl)=CC2)N1. The van der Waals surface area contributed by atoms with Gasteiger partial charge < -0.3 is 10.1 Å². The summed E-state index contributed by atoms with van der Waals surface area (Å²) in [7, 11) is 0. The van der Waals surface area contributed by atoms with Crippen LogP contribution in [0.15, 0.2) is 64.8 Å². The Kier molecular flexibility index (Phi) is 6.61. The number of aliphatic imine (C=N–C) groups is 1. The minimum atomic E-state index is -0.564. The molecule has 0 fully saturated rings. The number of halogens is 2. The van der Waals surface area contributed by atoms with Gasteiger partial charge in [-0.3, -0.25) is 9.98 Å². The maximum Gasteiger partial charge on any atom is 0.135 e. The van der Waals surface area contributed by atoms with Crippen LogP contribution >= 0.6 is 23.2 Å². The third-order valence-corrected chi connectivity index (χ3v) is 7.65. The third-order valence-electron chi connectivity index (χ3n) is 7.12. The number of allylic oxidation sites excluding steroid dienone is 3. The molecule has 2 aromatic rings. The smallest absolute Gasteiger partial charge is 0.135 e. The van der Waals surface area contributed by atoms with Crippen LogP contribution < -0.4 is 10.1 Å². The van der Waals surface area contributed by atoms with Crippen molar-refractivity contribution < 1.29 is 4.74 Å². The Morgan fingerprint density at radius 1 is 1.15 bits per heavy atom. The van der Waals surface area contributed by atoms with Crippen LogP contribution in [0.2, 0.25) is 5.02 Å². The van der Waals surface area contributed by atoms with Gasteiger partial charge in [-0.15, -0.1) is 0 Å². The number of nitrogens with zero attached hydrogens (tertiary/aromatic N) is 2. The van der Waals surface area contributed by atoms with Crippen molar-refractivity contribution in [1.29, 1.82) is 0 Å². The van der Waals surface area contributed by atoms with Crippen molar-refractivity contribution in [3.05, 3.63) is 81.6 Å². The Morgan fingerprint density at radius 3 is 2.44 bits per heavy atom. The van der Waals surface area contributed by atoms with Crippen LogP contribution in [0.4, 0.5) is 0 Å².